The summed E-state index contributed by atoms with van der Waals surface area (Å²) in [6.07, 6.45) is -21.2. The first-order valence-electron chi connectivity index (χ1n) is 36.9. The molecule has 8 fully saturated rings. The lowest BCUT2D eigenvalue weighted by Gasteiger charge is -2.47. The van der Waals surface area contributed by atoms with E-state index in [1.54, 1.807) is 0 Å². The van der Waals surface area contributed by atoms with Crippen LogP contribution in [0.1, 0.15) is 155 Å². The van der Waals surface area contributed by atoms with Gasteiger partial charge in [-0.25, -0.2) is 19.0 Å². The first-order chi connectivity index (χ1) is 49.9. The van der Waals surface area contributed by atoms with Gasteiger partial charge in [-0.2, -0.15) is 0 Å². The van der Waals surface area contributed by atoms with Gasteiger partial charge < -0.3 is 128 Å². The smallest absolute Gasteiger partial charge is 0.332 e. The summed E-state index contributed by atoms with van der Waals surface area (Å²) < 4.78 is 88.1. The minimum Gasteiger partial charge on any atom is -0.479 e. The number of nitrogens with zero attached hydrogens (tertiary/aromatic N) is 6. The highest BCUT2D eigenvalue weighted by molar-refractivity contribution is 5.73. The van der Waals surface area contributed by atoms with Gasteiger partial charge in [0.05, 0.1) is 88.7 Å². The lowest BCUT2D eigenvalue weighted by Crippen LogP contribution is -2.64. The summed E-state index contributed by atoms with van der Waals surface area (Å²) in [6.45, 7) is 3.98. The fraction of sp³-hybridized carbons (Fsp3) is 0.882. The molecule has 12 N–H and O–H groups in total. The third-order valence-electron chi connectivity index (χ3n) is 21.5. The molecule has 0 unspecified atom stereocenters. The quantitative estimate of drug-likeness (QED) is 0.0302. The molecule has 4 aliphatic heterocycles. The maximum atomic E-state index is 14.1. The number of aliphatic carboxylic acids is 2. The number of carboxylic acid groups (broad SMARTS) is 2. The van der Waals surface area contributed by atoms with Gasteiger partial charge >= 0.3 is 23.9 Å². The monoisotopic (exact) mass is 1490 g/mol. The Balaban J connectivity index is 0.746. The van der Waals surface area contributed by atoms with Crippen LogP contribution in [0.25, 0.3) is 0 Å². The normalized spacial score (nSPS) is 38.3. The van der Waals surface area contributed by atoms with Gasteiger partial charge in [-0.3, -0.25) is 9.59 Å². The Hall–Kier alpha value is -4.72. The molecule has 0 spiro atoms. The van der Waals surface area contributed by atoms with Crippen molar-refractivity contribution < 1.29 is 147 Å². The topological polar surface area (TPSA) is 502 Å². The molecule has 0 amide bonds. The molecular formula is C68H108N6O30. The molecular weight excluding hydrogens is 1380 g/mol. The van der Waals surface area contributed by atoms with Crippen LogP contribution in [0.4, 0.5) is 0 Å². The zero-order valence-electron chi connectivity index (χ0n) is 59.3. The van der Waals surface area contributed by atoms with Gasteiger partial charge in [0.25, 0.3) is 0 Å². The average Bonchev–Trinajstić information content (AvgIpc) is 0.906. The van der Waals surface area contributed by atoms with Crippen molar-refractivity contribution >= 4 is 23.9 Å². The van der Waals surface area contributed by atoms with Crippen molar-refractivity contribution in [2.24, 2.45) is 23.7 Å². The summed E-state index contributed by atoms with van der Waals surface area (Å²) in [6, 6.07) is 0. The van der Waals surface area contributed by atoms with Crippen molar-refractivity contribution in [3.63, 3.8) is 0 Å². The second-order valence-corrected chi connectivity index (χ2v) is 29.3. The van der Waals surface area contributed by atoms with Crippen LogP contribution in [0.3, 0.4) is 0 Å². The van der Waals surface area contributed by atoms with Crippen LogP contribution in [0.5, 0.6) is 0 Å². The highest BCUT2D eigenvalue weighted by atomic mass is 16.8. The van der Waals surface area contributed by atoms with Crippen molar-refractivity contribution in [1.82, 2.24) is 30.0 Å². The van der Waals surface area contributed by atoms with Gasteiger partial charge in [0.2, 0.25) is 0 Å². The zero-order valence-corrected chi connectivity index (χ0v) is 59.3. The maximum Gasteiger partial charge on any atom is 0.332 e. The number of rotatable bonds is 33. The summed E-state index contributed by atoms with van der Waals surface area (Å²) in [5, 5.41) is 146. The summed E-state index contributed by atoms with van der Waals surface area (Å²) in [7, 11) is 0. The van der Waals surface area contributed by atoms with E-state index in [0.29, 0.717) is 38.5 Å². The molecule has 104 heavy (non-hydrogen) atoms. The fourth-order valence-electron chi connectivity index (χ4n) is 15.5. The first-order valence-corrected chi connectivity index (χ1v) is 36.9. The Labute approximate surface area is 601 Å². The van der Waals surface area contributed by atoms with Crippen molar-refractivity contribution in [3.8, 4) is 0 Å². The highest BCUT2D eigenvalue weighted by Crippen LogP contribution is 2.41. The van der Waals surface area contributed by atoms with Crippen LogP contribution >= 0.6 is 0 Å². The van der Waals surface area contributed by atoms with Gasteiger partial charge in [0.15, 0.2) is 49.6 Å². The predicted molar refractivity (Wildman–Crippen MR) is 348 cm³/mol. The van der Waals surface area contributed by atoms with E-state index in [2.05, 4.69) is 20.6 Å². The number of esters is 2. The third-order valence-corrected chi connectivity index (χ3v) is 21.5. The van der Waals surface area contributed by atoms with Gasteiger partial charge in [-0.15, -0.1) is 10.2 Å². The fourth-order valence-corrected chi connectivity index (χ4v) is 15.5. The second-order valence-electron chi connectivity index (χ2n) is 29.3. The summed E-state index contributed by atoms with van der Waals surface area (Å²) in [5.74, 6) is -5.02. The number of hydrogen-bond acceptors (Lipinski definition) is 32. The number of aromatic nitrogens is 6. The molecule has 8 aliphatic rings. The molecule has 0 bridgehead atoms. The zero-order chi connectivity index (χ0) is 74.5. The van der Waals surface area contributed by atoms with Gasteiger partial charge in [-0.05, 0) is 76.0 Å². The van der Waals surface area contributed by atoms with Crippen LogP contribution in [0.15, 0.2) is 12.4 Å². The molecule has 36 heteroatoms. The minimum absolute atomic E-state index is 0.00185. The number of aliphatic hydroxyl groups excluding tert-OH is 10. The molecule has 0 radical (unpaired) electrons. The molecule has 0 aromatic carbocycles. The van der Waals surface area contributed by atoms with E-state index < -0.39 is 210 Å². The largest absolute Gasteiger partial charge is 0.479 e. The summed E-state index contributed by atoms with van der Waals surface area (Å²) in [4.78, 5) is 53.9. The van der Waals surface area contributed by atoms with Crippen molar-refractivity contribution in [1.29, 1.82) is 0 Å². The standard InChI is InChI=1S/C68H108N6O30/c1-33-13-11-19-41(57(33)103-65-55(85)53(83)49(79)35(3)93-65)97-67-61(59(51(81)45(29-75)99-67)95-43(63(87)88)23-37-15-7-5-8-16-37)101-47(77)27-73-25-39(69-71-73)31-91-21-22-92-32-40-26-74(72-70-40)28-48(78)102-62-60(96-44(64(89)90)24-38-17-9-6-10-18-38)52(82)46(30-76)100-68(62)98-42-20-12-14-34(2)58(42)104-66-56(86)54(84)50(80)36(4)94-66/h25-26,33-38,41-46,49-62,65-68,75-76,79-86H,5-24,27-32H2,1-4H3,(H,87,88)(H,89,90)/t33-,34-,35-,36-,41+,42+,43-,44-,45+,46+,49+,50+,51-,52-,53+,54+,55-,56-,57+,58+,59-,60-,61+,62+,65-,66-,67+,68+/m0/s1. The van der Waals surface area contributed by atoms with Crippen molar-refractivity contribution in [2.45, 2.75) is 329 Å². The summed E-state index contributed by atoms with van der Waals surface area (Å²) >= 11 is 0. The number of carbonyl (C=O) groups excluding carboxylic acids is 2. The predicted octanol–water partition coefficient (Wildman–Crippen LogP) is -0.964. The van der Waals surface area contributed by atoms with Crippen LogP contribution < -0.4 is 0 Å². The SMILES string of the molecule is C[C@@H]1O[C@@H](O[C@@H]2[C@@H](C)CCC[C@H]2O[C@@H]2O[C@H](CO)[C@H](O)[C@H](O[C@@H](CC3CCCCC3)C(=O)O)[C@H]2OC(=O)Cn2cc(COCCOCc3cn(CC(=O)O[C@H]4[C@H](O[C@@H]5CCC[C@H](C)[C@H]5O[C@@H]5O[C@@H](C)[C@@H](O)[C@@H](O)[C@@H]5O)O[C@H](CO)[C@H](O)[C@@H]4O[C@@H](CC4CCCCC4)C(=O)O)nn3)nn2)[C@@H](O)[C@H](O)[C@@H]1O. The Morgan fingerprint density at radius 1 is 0.452 bits per heavy atom. The molecule has 4 saturated carbocycles. The lowest BCUT2D eigenvalue weighted by atomic mass is 9.85. The van der Waals surface area contributed by atoms with E-state index in [0.717, 1.165) is 73.6 Å². The molecule has 10 rings (SSSR count). The number of carboxylic acids is 2. The van der Waals surface area contributed by atoms with Gasteiger partial charge in [0, 0.05) is 0 Å². The van der Waals surface area contributed by atoms with E-state index in [1.807, 2.05) is 13.8 Å². The van der Waals surface area contributed by atoms with E-state index in [1.165, 1.54) is 26.2 Å². The van der Waals surface area contributed by atoms with E-state index in [9.17, 15) is 80.5 Å². The number of ether oxygens (including phenoxy) is 14. The molecule has 2 aromatic heterocycles. The third kappa shape index (κ3) is 21.2. The Morgan fingerprint density at radius 2 is 0.837 bits per heavy atom. The Morgan fingerprint density at radius 3 is 1.20 bits per heavy atom. The van der Waals surface area contributed by atoms with Gasteiger partial charge in [-0.1, -0.05) is 101 Å². The number of carbonyl (C=O) groups is 4. The molecule has 590 valence electrons. The number of hydrogen-bond donors (Lipinski definition) is 12. The van der Waals surface area contributed by atoms with E-state index in [-0.39, 0.29) is 74.3 Å². The van der Waals surface area contributed by atoms with Crippen molar-refractivity contribution in [3.05, 3.63) is 23.8 Å². The van der Waals surface area contributed by atoms with Crippen molar-refractivity contribution in [2.75, 3.05) is 26.4 Å². The minimum atomic E-state index is -1.73. The molecule has 36 nitrogen and oxygen atoms in total. The van der Waals surface area contributed by atoms with Crippen LogP contribution in [0.2, 0.25) is 0 Å². The van der Waals surface area contributed by atoms with Crippen LogP contribution in [-0.4, -0.2) is 301 Å². The second kappa shape index (κ2) is 38.6. The Bertz CT molecular complexity index is 2790. The highest BCUT2D eigenvalue weighted by Gasteiger charge is 2.56. The van der Waals surface area contributed by atoms with E-state index in [4.69, 9.17) is 66.3 Å². The maximum absolute atomic E-state index is 14.1. The molecule has 2 aromatic rings. The number of aliphatic hydroxyl groups is 10. The van der Waals surface area contributed by atoms with E-state index >= 15 is 0 Å². The molecule has 4 aliphatic carbocycles. The van der Waals surface area contributed by atoms with Gasteiger partial charge in [0.1, 0.15) is 97.7 Å². The van der Waals surface area contributed by atoms with Crippen LogP contribution in [0, 0.1) is 23.7 Å². The lowest BCUT2D eigenvalue weighted by molar-refractivity contribution is -0.349. The van der Waals surface area contributed by atoms with Crippen LogP contribution in [-0.2, 0) is 112 Å². The molecule has 6 heterocycles. The summed E-state index contributed by atoms with van der Waals surface area (Å²) in [5.41, 5.74) is 0.575. The first kappa shape index (κ1) is 81.8. The molecule has 4 saturated heterocycles. The molecule has 28 atom stereocenters. The average molecular weight is 1490 g/mol. The Kier molecular flexibility index (Phi) is 30.3.